The molecule has 0 radical (unpaired) electrons. The molecule has 190 valence electrons. The first-order valence-electron chi connectivity index (χ1n) is 14.2. The summed E-state index contributed by atoms with van der Waals surface area (Å²) in [5.41, 5.74) is 1.04. The molecule has 0 atom stereocenters. The van der Waals surface area contributed by atoms with E-state index in [1.165, 1.54) is 83.5 Å². The Morgan fingerprint density at radius 1 is 0.647 bits per heavy atom. The molecule has 0 heterocycles. The zero-order valence-corrected chi connectivity index (χ0v) is 22.3. The van der Waals surface area contributed by atoms with Gasteiger partial charge in [0.2, 0.25) is 0 Å². The van der Waals surface area contributed by atoms with Gasteiger partial charge in [-0.2, -0.15) is 0 Å². The maximum Gasteiger partial charge on any atom is 0.128 e. The van der Waals surface area contributed by atoms with E-state index < -0.39 is 0 Å². The second-order valence-corrected chi connectivity index (χ2v) is 9.73. The summed E-state index contributed by atoms with van der Waals surface area (Å²) < 4.78 is 6.18. The first-order chi connectivity index (χ1) is 16.7. The van der Waals surface area contributed by atoms with Crippen LogP contribution in [-0.2, 0) is 0 Å². The van der Waals surface area contributed by atoms with Crippen LogP contribution in [0, 0.1) is 5.41 Å². The molecule has 0 spiro atoms. The molecule has 2 aromatic rings. The summed E-state index contributed by atoms with van der Waals surface area (Å²) in [6, 6.07) is 12.7. The van der Waals surface area contributed by atoms with Crippen LogP contribution in [0.25, 0.3) is 10.8 Å². The molecule has 3 nitrogen and oxygen atoms in total. The Hall–Kier alpha value is -2.03. The number of ether oxygens (including phenoxy) is 1. The molecule has 0 bridgehead atoms. The van der Waals surface area contributed by atoms with Crippen molar-refractivity contribution in [2.45, 2.75) is 111 Å². The normalized spacial score (nSPS) is 11.1. The third-order valence-electron chi connectivity index (χ3n) is 6.77. The van der Waals surface area contributed by atoms with Gasteiger partial charge in [0.1, 0.15) is 11.6 Å². The molecule has 0 amide bonds. The Kier molecular flexibility index (Phi) is 14.4. The van der Waals surface area contributed by atoms with E-state index in [4.69, 9.17) is 4.74 Å². The average molecular weight is 467 g/mol. The number of hydrogen-bond acceptors (Lipinski definition) is 2. The lowest BCUT2D eigenvalue weighted by molar-refractivity contribution is 0.308. The second kappa shape index (κ2) is 17.4. The number of nitrogens with one attached hydrogen (secondary N) is 1. The Bertz CT molecular complexity index is 802. The SMILES string of the molecule is CCCCCCCN(CCCCCCC)C(=N)c1ccc(OCCCCCC)c2ccccc12. The predicted molar refractivity (Wildman–Crippen MR) is 150 cm³/mol. The average Bonchev–Trinajstić information content (AvgIpc) is 2.86. The third kappa shape index (κ3) is 9.68. The Morgan fingerprint density at radius 2 is 1.18 bits per heavy atom. The van der Waals surface area contributed by atoms with Crippen molar-refractivity contribution in [3.63, 3.8) is 0 Å². The highest BCUT2D eigenvalue weighted by atomic mass is 16.5. The lowest BCUT2D eigenvalue weighted by atomic mass is 10.0. The molecule has 0 aliphatic heterocycles. The first-order valence-corrected chi connectivity index (χ1v) is 14.2. The fourth-order valence-corrected chi connectivity index (χ4v) is 4.63. The topological polar surface area (TPSA) is 36.3 Å². The van der Waals surface area contributed by atoms with E-state index in [0.717, 1.165) is 48.2 Å². The highest BCUT2D eigenvalue weighted by Crippen LogP contribution is 2.30. The predicted octanol–water partition coefficient (Wildman–Crippen LogP) is 9.37. The molecule has 3 heteroatoms. The van der Waals surface area contributed by atoms with E-state index in [9.17, 15) is 5.41 Å². The van der Waals surface area contributed by atoms with Crippen molar-refractivity contribution in [3.05, 3.63) is 42.0 Å². The summed E-state index contributed by atoms with van der Waals surface area (Å²) in [4.78, 5) is 2.34. The molecule has 1 N–H and O–H groups in total. The van der Waals surface area contributed by atoms with Crippen molar-refractivity contribution in [1.82, 2.24) is 4.90 Å². The molecule has 0 saturated heterocycles. The van der Waals surface area contributed by atoms with Crippen LogP contribution in [0.1, 0.15) is 116 Å². The molecule has 34 heavy (non-hydrogen) atoms. The summed E-state index contributed by atoms with van der Waals surface area (Å²) in [6.45, 7) is 9.51. The number of nitrogens with zero attached hydrogens (tertiary/aromatic N) is 1. The zero-order chi connectivity index (χ0) is 24.4. The number of benzene rings is 2. The highest BCUT2D eigenvalue weighted by molar-refractivity contribution is 6.09. The lowest BCUT2D eigenvalue weighted by Gasteiger charge is -2.26. The van der Waals surface area contributed by atoms with E-state index in [1.807, 2.05) is 0 Å². The highest BCUT2D eigenvalue weighted by Gasteiger charge is 2.16. The van der Waals surface area contributed by atoms with Crippen LogP contribution in [0.4, 0.5) is 0 Å². The smallest absolute Gasteiger partial charge is 0.128 e. The van der Waals surface area contributed by atoms with E-state index in [-0.39, 0.29) is 0 Å². The quantitative estimate of drug-likeness (QED) is 0.127. The van der Waals surface area contributed by atoms with Crippen LogP contribution in [0.3, 0.4) is 0 Å². The molecular formula is C31H50N2O. The molecule has 0 aliphatic rings. The maximum absolute atomic E-state index is 9.17. The molecule has 0 saturated carbocycles. The van der Waals surface area contributed by atoms with Gasteiger partial charge >= 0.3 is 0 Å². The molecule has 0 aromatic heterocycles. The van der Waals surface area contributed by atoms with Crippen LogP contribution in [0.5, 0.6) is 5.75 Å². The molecule has 2 aromatic carbocycles. The van der Waals surface area contributed by atoms with Crippen LogP contribution >= 0.6 is 0 Å². The van der Waals surface area contributed by atoms with Gasteiger partial charge in [0.05, 0.1) is 6.61 Å². The number of unbranched alkanes of at least 4 members (excludes halogenated alkanes) is 11. The van der Waals surface area contributed by atoms with E-state index in [0.29, 0.717) is 5.84 Å². The van der Waals surface area contributed by atoms with Gasteiger partial charge < -0.3 is 9.64 Å². The van der Waals surface area contributed by atoms with E-state index in [2.05, 4.69) is 62.1 Å². The zero-order valence-electron chi connectivity index (χ0n) is 22.3. The fraction of sp³-hybridized carbons (Fsp3) is 0.645. The summed E-state index contributed by atoms with van der Waals surface area (Å²) in [6.07, 6.45) is 17.5. The summed E-state index contributed by atoms with van der Waals surface area (Å²) in [5.74, 6) is 1.63. The summed E-state index contributed by atoms with van der Waals surface area (Å²) in [7, 11) is 0. The minimum Gasteiger partial charge on any atom is -0.493 e. The minimum atomic E-state index is 0.677. The standard InChI is InChI=1S/C31H50N2O/c1-4-7-10-13-17-24-33(25-18-14-11-8-5-2)31(32)29-22-23-30(34-26-19-12-9-6-3)28-21-16-15-20-27(28)29/h15-16,20-23,32H,4-14,17-19,24-26H2,1-3H3. The number of fused-ring (bicyclic) bond motifs is 1. The van der Waals surface area contributed by atoms with E-state index >= 15 is 0 Å². The molecule has 0 fully saturated rings. The first kappa shape index (κ1) is 28.2. The molecule has 0 unspecified atom stereocenters. The molecule has 2 rings (SSSR count). The van der Waals surface area contributed by atoms with Crippen LogP contribution in [0.15, 0.2) is 36.4 Å². The Morgan fingerprint density at radius 3 is 1.76 bits per heavy atom. The monoisotopic (exact) mass is 466 g/mol. The van der Waals surface area contributed by atoms with Crippen LogP contribution in [-0.4, -0.2) is 30.4 Å². The maximum atomic E-state index is 9.17. The van der Waals surface area contributed by atoms with Crippen LogP contribution < -0.4 is 4.74 Å². The van der Waals surface area contributed by atoms with Crippen molar-refractivity contribution in [2.75, 3.05) is 19.7 Å². The summed E-state index contributed by atoms with van der Waals surface area (Å²) >= 11 is 0. The van der Waals surface area contributed by atoms with Gasteiger partial charge in [-0.25, -0.2) is 0 Å². The van der Waals surface area contributed by atoms with Crippen LogP contribution in [0.2, 0.25) is 0 Å². The summed E-state index contributed by atoms with van der Waals surface area (Å²) in [5, 5.41) is 11.4. The second-order valence-electron chi connectivity index (χ2n) is 9.73. The fourth-order valence-electron chi connectivity index (χ4n) is 4.63. The third-order valence-corrected chi connectivity index (χ3v) is 6.77. The van der Waals surface area contributed by atoms with Crippen molar-refractivity contribution >= 4 is 16.6 Å². The van der Waals surface area contributed by atoms with Crippen molar-refractivity contribution in [1.29, 1.82) is 5.41 Å². The van der Waals surface area contributed by atoms with Gasteiger partial charge in [-0.15, -0.1) is 0 Å². The van der Waals surface area contributed by atoms with E-state index in [1.54, 1.807) is 0 Å². The minimum absolute atomic E-state index is 0.677. The molecule has 0 aliphatic carbocycles. The van der Waals surface area contributed by atoms with Crippen molar-refractivity contribution in [2.24, 2.45) is 0 Å². The van der Waals surface area contributed by atoms with Gasteiger partial charge in [0.15, 0.2) is 0 Å². The van der Waals surface area contributed by atoms with Gasteiger partial charge in [0, 0.05) is 24.0 Å². The van der Waals surface area contributed by atoms with Gasteiger partial charge in [-0.3, -0.25) is 5.41 Å². The molecular weight excluding hydrogens is 416 g/mol. The number of amidine groups is 1. The van der Waals surface area contributed by atoms with Crippen molar-refractivity contribution in [3.8, 4) is 5.75 Å². The van der Waals surface area contributed by atoms with Gasteiger partial charge in [-0.05, 0) is 36.8 Å². The lowest BCUT2D eigenvalue weighted by Crippen LogP contribution is -2.33. The van der Waals surface area contributed by atoms with Crippen molar-refractivity contribution < 1.29 is 4.74 Å². The van der Waals surface area contributed by atoms with Gasteiger partial charge in [0.25, 0.3) is 0 Å². The largest absolute Gasteiger partial charge is 0.493 e. The van der Waals surface area contributed by atoms with Gasteiger partial charge in [-0.1, -0.05) is 116 Å². The number of rotatable bonds is 19. The Labute approximate surface area is 209 Å². The number of hydrogen-bond donors (Lipinski definition) is 1. The Balaban J connectivity index is 2.12.